The van der Waals surface area contributed by atoms with Gasteiger partial charge in [0.25, 0.3) is 5.56 Å². The summed E-state index contributed by atoms with van der Waals surface area (Å²) in [6.45, 7) is 1.16. The molecule has 24 heavy (non-hydrogen) atoms. The Morgan fingerprint density at radius 3 is 3.00 bits per heavy atom. The fourth-order valence-electron chi connectivity index (χ4n) is 1.78. The molecule has 2 rings (SSSR count). The number of anilines is 1. The number of nitrogens with two attached hydrogens (primary N) is 1. The van der Waals surface area contributed by atoms with Gasteiger partial charge in [-0.15, -0.1) is 0 Å². The zero-order chi connectivity index (χ0) is 17.9. The highest BCUT2D eigenvalue weighted by atomic mass is 31.2. The van der Waals surface area contributed by atoms with E-state index in [-0.39, 0.29) is 30.3 Å². The summed E-state index contributed by atoms with van der Waals surface area (Å²) in [6, 6.07) is 0. The fraction of sp³-hybridized carbons (Fsp3) is 0.500. The highest BCUT2D eigenvalue weighted by Crippen LogP contribution is 2.43. The lowest BCUT2D eigenvalue weighted by Gasteiger charge is -2.13. The highest BCUT2D eigenvalue weighted by molar-refractivity contribution is 7.52. The van der Waals surface area contributed by atoms with Gasteiger partial charge < -0.3 is 19.9 Å². The third kappa shape index (κ3) is 4.35. The van der Waals surface area contributed by atoms with Crippen LogP contribution in [0.3, 0.4) is 0 Å². The number of fused-ring (bicyclic) bond motifs is 1. The summed E-state index contributed by atoms with van der Waals surface area (Å²) in [6.07, 6.45) is -0.992. The van der Waals surface area contributed by atoms with E-state index in [0.29, 0.717) is 0 Å². The van der Waals surface area contributed by atoms with Crippen LogP contribution in [0.4, 0.5) is 5.95 Å². The molecule has 2 aromatic heterocycles. The van der Waals surface area contributed by atoms with Crippen LogP contribution >= 0.6 is 7.60 Å². The van der Waals surface area contributed by atoms with Crippen LogP contribution in [0.25, 0.3) is 11.2 Å². The summed E-state index contributed by atoms with van der Waals surface area (Å²) < 4.78 is 22.5. The van der Waals surface area contributed by atoms with E-state index in [9.17, 15) is 24.4 Å². The number of rotatable bonds is 8. The summed E-state index contributed by atoms with van der Waals surface area (Å²) in [7, 11) is -4.25. The van der Waals surface area contributed by atoms with E-state index in [1.165, 1.54) is 10.9 Å². The van der Waals surface area contributed by atoms with Crippen LogP contribution in [0, 0.1) is 10.1 Å². The van der Waals surface area contributed by atoms with Gasteiger partial charge in [0, 0.05) is 13.5 Å². The molecule has 0 saturated heterocycles. The van der Waals surface area contributed by atoms with Crippen LogP contribution in [0.5, 0.6) is 0 Å². The van der Waals surface area contributed by atoms with E-state index in [2.05, 4.69) is 19.5 Å². The molecule has 2 aromatic rings. The van der Waals surface area contributed by atoms with Crippen LogP contribution < -0.4 is 11.3 Å². The molecular formula is C10H15N6O7P. The highest BCUT2D eigenvalue weighted by Gasteiger charge is 2.28. The van der Waals surface area contributed by atoms with Crippen molar-refractivity contribution < 1.29 is 23.6 Å². The molecule has 2 unspecified atom stereocenters. The molecule has 0 saturated carbocycles. The number of nitrogens with one attached hydrogen (secondary N) is 1. The maximum Gasteiger partial charge on any atom is 0.358 e. The third-order valence-corrected chi connectivity index (χ3v) is 3.98. The van der Waals surface area contributed by atoms with Crippen molar-refractivity contribution in [2.75, 3.05) is 18.7 Å². The van der Waals surface area contributed by atoms with E-state index in [1.807, 2.05) is 0 Å². The number of nitrogens with zero attached hydrogens (tertiary/aromatic N) is 4. The van der Waals surface area contributed by atoms with Gasteiger partial charge in [-0.1, -0.05) is 0 Å². The maximum atomic E-state index is 11.6. The van der Waals surface area contributed by atoms with Gasteiger partial charge in [-0.2, -0.15) is 4.98 Å². The Balaban J connectivity index is 1.92. The lowest BCUT2D eigenvalue weighted by molar-refractivity contribution is -0.558. The van der Waals surface area contributed by atoms with E-state index >= 15 is 0 Å². The zero-order valence-corrected chi connectivity index (χ0v) is 13.4. The summed E-state index contributed by atoms with van der Waals surface area (Å²) in [5.74, 6) is -0.0720. The molecule has 0 fully saturated rings. The lowest BCUT2D eigenvalue weighted by atomic mass is 10.5. The molecule has 0 aliphatic carbocycles. The summed E-state index contributed by atoms with van der Waals surface area (Å²) in [4.78, 5) is 40.7. The van der Waals surface area contributed by atoms with Crippen LogP contribution in [0.15, 0.2) is 11.1 Å². The van der Waals surface area contributed by atoms with Crippen molar-refractivity contribution in [1.82, 2.24) is 19.5 Å². The predicted molar refractivity (Wildman–Crippen MR) is 80.7 cm³/mol. The predicted octanol–water partition coefficient (Wildman–Crippen LogP) is -0.499. The second kappa shape index (κ2) is 7.05. The fourth-order valence-corrected chi connectivity index (χ4v) is 2.76. The van der Waals surface area contributed by atoms with E-state index in [1.54, 1.807) is 0 Å². The van der Waals surface area contributed by atoms with Crippen molar-refractivity contribution in [2.24, 2.45) is 0 Å². The Labute approximate surface area is 134 Å². The molecule has 0 spiro atoms. The smallest absolute Gasteiger partial charge is 0.358 e. The molecule has 2 atom stereocenters. The number of H-pyrrole nitrogens is 1. The monoisotopic (exact) mass is 362 g/mol. The van der Waals surface area contributed by atoms with Crippen molar-refractivity contribution in [3.63, 3.8) is 0 Å². The molecule has 132 valence electrons. The first-order valence-electron chi connectivity index (χ1n) is 6.61. The second-order valence-corrected chi connectivity index (χ2v) is 6.47. The molecule has 0 aromatic carbocycles. The molecule has 0 aliphatic rings. The summed E-state index contributed by atoms with van der Waals surface area (Å²) >= 11 is 0. The Kier molecular flexibility index (Phi) is 5.29. The molecule has 0 aliphatic heterocycles. The number of hydrogen-bond acceptors (Lipinski definition) is 9. The van der Waals surface area contributed by atoms with Crippen molar-refractivity contribution in [3.05, 3.63) is 26.8 Å². The SMILES string of the molecule is CC(OP(=O)(O)COCCn1cnc2c(=O)[nH]c(N)nc21)[N+](=O)[O-]. The summed E-state index contributed by atoms with van der Waals surface area (Å²) in [5, 5.41) is 10.4. The normalized spacial score (nSPS) is 15.2. The third-order valence-electron chi connectivity index (χ3n) is 2.84. The molecule has 13 nitrogen and oxygen atoms in total. The van der Waals surface area contributed by atoms with Gasteiger partial charge in [0.05, 0.1) is 17.9 Å². The number of ether oxygens (including phenoxy) is 1. The lowest BCUT2D eigenvalue weighted by Crippen LogP contribution is -2.19. The first-order chi connectivity index (χ1) is 11.2. The molecule has 0 radical (unpaired) electrons. The van der Waals surface area contributed by atoms with E-state index in [0.717, 1.165) is 6.92 Å². The van der Waals surface area contributed by atoms with Gasteiger partial charge in [-0.3, -0.25) is 24.5 Å². The first kappa shape index (κ1) is 18.0. The number of nitro groups is 1. The van der Waals surface area contributed by atoms with Gasteiger partial charge in [-0.25, -0.2) is 9.51 Å². The summed E-state index contributed by atoms with van der Waals surface area (Å²) in [5.41, 5.74) is 5.31. The Hall–Kier alpha value is -2.34. The minimum atomic E-state index is -4.25. The maximum absolute atomic E-state index is 11.6. The second-order valence-electron chi connectivity index (χ2n) is 4.73. The Bertz CT molecular complexity index is 848. The van der Waals surface area contributed by atoms with Gasteiger partial charge >= 0.3 is 13.8 Å². The average molecular weight is 362 g/mol. The van der Waals surface area contributed by atoms with Gasteiger partial charge in [0.15, 0.2) is 11.2 Å². The standard InChI is InChI=1S/C10H15N6O7P/c1-6(16(18)19)23-24(20,21)5-22-3-2-15-4-12-7-8(15)13-10(11)14-9(7)17/h4,6H,2-3,5H2,1H3,(H,20,21)(H3,11,13,14,17). The number of aromatic nitrogens is 4. The molecule has 4 N–H and O–H groups in total. The number of hydrogen-bond donors (Lipinski definition) is 3. The largest absolute Gasteiger partial charge is 0.369 e. The van der Waals surface area contributed by atoms with Gasteiger partial charge in [0.2, 0.25) is 5.95 Å². The Morgan fingerprint density at radius 2 is 2.33 bits per heavy atom. The van der Waals surface area contributed by atoms with Gasteiger partial charge in [0.1, 0.15) is 6.35 Å². The van der Waals surface area contributed by atoms with Crippen molar-refractivity contribution in [1.29, 1.82) is 0 Å². The molecule has 0 amide bonds. The van der Waals surface area contributed by atoms with Crippen molar-refractivity contribution >= 4 is 24.7 Å². The number of nitrogen functional groups attached to an aromatic ring is 1. The molecule has 14 heteroatoms. The van der Waals surface area contributed by atoms with Crippen LogP contribution in [-0.4, -0.2) is 48.5 Å². The quantitative estimate of drug-likeness (QED) is 0.181. The minimum Gasteiger partial charge on any atom is -0.369 e. The number of aromatic amines is 1. The topological polar surface area (TPSA) is 188 Å². The first-order valence-corrected chi connectivity index (χ1v) is 8.38. The van der Waals surface area contributed by atoms with E-state index in [4.69, 9.17) is 10.5 Å². The van der Waals surface area contributed by atoms with Crippen LogP contribution in [-0.2, 0) is 20.4 Å². The number of imidazole rings is 1. The Morgan fingerprint density at radius 1 is 1.62 bits per heavy atom. The van der Waals surface area contributed by atoms with Crippen molar-refractivity contribution in [2.45, 2.75) is 19.7 Å². The molecular weight excluding hydrogens is 347 g/mol. The van der Waals surface area contributed by atoms with E-state index < -0.39 is 30.7 Å². The average Bonchev–Trinajstić information content (AvgIpc) is 2.86. The van der Waals surface area contributed by atoms with Crippen LogP contribution in [0.2, 0.25) is 0 Å². The van der Waals surface area contributed by atoms with Crippen LogP contribution in [0.1, 0.15) is 6.92 Å². The minimum absolute atomic E-state index is 0.0411. The van der Waals surface area contributed by atoms with Gasteiger partial charge in [-0.05, 0) is 0 Å². The molecule has 2 heterocycles. The molecule has 0 bridgehead atoms. The zero-order valence-electron chi connectivity index (χ0n) is 12.5. The van der Waals surface area contributed by atoms with Crippen molar-refractivity contribution in [3.8, 4) is 0 Å².